The number of nitrogens with one attached hydrogen (secondary N) is 1. The van der Waals surface area contributed by atoms with E-state index in [9.17, 15) is 5.11 Å². The van der Waals surface area contributed by atoms with Crippen LogP contribution in [0.1, 0.15) is 60.3 Å². The zero-order valence-electron chi connectivity index (χ0n) is 14.3. The van der Waals surface area contributed by atoms with E-state index in [0.29, 0.717) is 6.04 Å². The van der Waals surface area contributed by atoms with E-state index in [1.807, 2.05) is 0 Å². The molecule has 0 aromatic heterocycles. The van der Waals surface area contributed by atoms with Gasteiger partial charge in [-0.3, -0.25) is 0 Å². The van der Waals surface area contributed by atoms with E-state index in [-0.39, 0.29) is 12.1 Å². The molecule has 3 nitrogen and oxygen atoms in total. The van der Waals surface area contributed by atoms with Gasteiger partial charge >= 0.3 is 0 Å². The Hall–Kier alpha value is -0.120. The summed E-state index contributed by atoms with van der Waals surface area (Å²) in [6.07, 6.45) is 4.88. The SMILES string of the molecule is CC1CC(C)CN(CCCCC(C)(CO)NC(C)C)C1. The molecule has 0 radical (unpaired) electrons. The first kappa shape index (κ1) is 17.9. The van der Waals surface area contributed by atoms with Gasteiger partial charge in [-0.05, 0) is 44.6 Å². The Morgan fingerprint density at radius 1 is 1.20 bits per heavy atom. The van der Waals surface area contributed by atoms with Crippen LogP contribution in [-0.2, 0) is 0 Å². The number of hydrogen-bond acceptors (Lipinski definition) is 3. The first-order valence-corrected chi connectivity index (χ1v) is 8.45. The Morgan fingerprint density at radius 2 is 1.80 bits per heavy atom. The fourth-order valence-corrected chi connectivity index (χ4v) is 3.72. The number of nitrogens with zero attached hydrogens (tertiary/aromatic N) is 1. The molecule has 1 rings (SSSR count). The Labute approximate surface area is 126 Å². The summed E-state index contributed by atoms with van der Waals surface area (Å²) >= 11 is 0. The number of rotatable bonds is 8. The number of unbranched alkanes of at least 4 members (excludes halogenated alkanes) is 1. The van der Waals surface area contributed by atoms with Gasteiger partial charge in [0.15, 0.2) is 0 Å². The van der Waals surface area contributed by atoms with E-state index < -0.39 is 0 Å². The second-order valence-electron chi connectivity index (χ2n) is 7.68. The molecule has 0 aliphatic carbocycles. The second-order valence-corrected chi connectivity index (χ2v) is 7.68. The molecule has 2 N–H and O–H groups in total. The van der Waals surface area contributed by atoms with Crippen LogP contribution in [0.4, 0.5) is 0 Å². The van der Waals surface area contributed by atoms with Gasteiger partial charge < -0.3 is 15.3 Å². The predicted molar refractivity (Wildman–Crippen MR) is 87.0 cm³/mol. The summed E-state index contributed by atoms with van der Waals surface area (Å²) in [5.41, 5.74) is -0.114. The van der Waals surface area contributed by atoms with Crippen LogP contribution in [0, 0.1) is 11.8 Å². The third kappa shape index (κ3) is 6.55. The standard InChI is InChI=1S/C17H36N2O/c1-14(2)18-17(5,13-20)8-6-7-9-19-11-15(3)10-16(4)12-19/h14-16,18,20H,6-13H2,1-5H3. The molecule has 0 spiro atoms. The van der Waals surface area contributed by atoms with Crippen molar-refractivity contribution < 1.29 is 5.11 Å². The summed E-state index contributed by atoms with van der Waals surface area (Å²) in [5.74, 6) is 1.70. The number of likely N-dealkylation sites (tertiary alicyclic amines) is 1. The minimum atomic E-state index is -0.114. The third-order valence-corrected chi connectivity index (χ3v) is 4.38. The molecule has 1 fully saturated rings. The Morgan fingerprint density at radius 3 is 2.30 bits per heavy atom. The van der Waals surface area contributed by atoms with Crippen LogP contribution in [0.3, 0.4) is 0 Å². The van der Waals surface area contributed by atoms with Gasteiger partial charge in [0, 0.05) is 24.7 Å². The summed E-state index contributed by atoms with van der Waals surface area (Å²) in [6, 6.07) is 0.427. The van der Waals surface area contributed by atoms with Crippen LogP contribution < -0.4 is 5.32 Å². The molecule has 1 heterocycles. The molecule has 20 heavy (non-hydrogen) atoms. The maximum absolute atomic E-state index is 9.58. The van der Waals surface area contributed by atoms with E-state index in [4.69, 9.17) is 0 Å². The molecule has 0 aromatic rings. The molecule has 1 saturated heterocycles. The number of piperidine rings is 1. The van der Waals surface area contributed by atoms with Gasteiger partial charge in [-0.2, -0.15) is 0 Å². The summed E-state index contributed by atoms with van der Waals surface area (Å²) in [5, 5.41) is 13.1. The predicted octanol–water partition coefficient (Wildman–Crippen LogP) is 2.88. The van der Waals surface area contributed by atoms with E-state index in [2.05, 4.69) is 44.8 Å². The molecule has 3 heteroatoms. The van der Waals surface area contributed by atoms with E-state index in [1.54, 1.807) is 0 Å². The van der Waals surface area contributed by atoms with Gasteiger partial charge in [0.2, 0.25) is 0 Å². The van der Waals surface area contributed by atoms with E-state index in [0.717, 1.165) is 18.3 Å². The number of aliphatic hydroxyl groups is 1. The Bertz CT molecular complexity index is 260. The summed E-state index contributed by atoms with van der Waals surface area (Å²) in [6.45, 7) is 15.2. The molecule has 1 aliphatic rings. The van der Waals surface area contributed by atoms with Crippen LogP contribution >= 0.6 is 0 Å². The lowest BCUT2D eigenvalue weighted by molar-refractivity contribution is 0.130. The fourth-order valence-electron chi connectivity index (χ4n) is 3.72. The lowest BCUT2D eigenvalue weighted by Crippen LogP contribution is -2.49. The first-order chi connectivity index (χ1) is 9.34. The van der Waals surface area contributed by atoms with Gasteiger partial charge in [-0.1, -0.05) is 34.1 Å². The highest BCUT2D eigenvalue weighted by atomic mass is 16.3. The highest BCUT2D eigenvalue weighted by Crippen LogP contribution is 2.22. The van der Waals surface area contributed by atoms with Crippen molar-refractivity contribution in [2.75, 3.05) is 26.2 Å². The normalized spacial score (nSPS) is 27.8. The minimum absolute atomic E-state index is 0.114. The molecule has 120 valence electrons. The Balaban J connectivity index is 2.23. The van der Waals surface area contributed by atoms with E-state index in [1.165, 1.54) is 38.9 Å². The fraction of sp³-hybridized carbons (Fsp3) is 1.00. The van der Waals surface area contributed by atoms with Crippen molar-refractivity contribution >= 4 is 0 Å². The van der Waals surface area contributed by atoms with Crippen molar-refractivity contribution in [1.82, 2.24) is 10.2 Å². The molecular weight excluding hydrogens is 248 g/mol. The van der Waals surface area contributed by atoms with Crippen LogP contribution in [-0.4, -0.2) is 47.8 Å². The van der Waals surface area contributed by atoms with E-state index >= 15 is 0 Å². The number of aliphatic hydroxyl groups excluding tert-OH is 1. The molecule has 0 bridgehead atoms. The number of hydrogen-bond donors (Lipinski definition) is 2. The largest absolute Gasteiger partial charge is 0.394 e. The maximum Gasteiger partial charge on any atom is 0.0610 e. The lowest BCUT2D eigenvalue weighted by Gasteiger charge is -2.35. The third-order valence-electron chi connectivity index (χ3n) is 4.38. The average Bonchev–Trinajstić information content (AvgIpc) is 2.33. The van der Waals surface area contributed by atoms with Crippen LogP contribution in [0.5, 0.6) is 0 Å². The second kappa shape index (κ2) is 8.35. The van der Waals surface area contributed by atoms with Gasteiger partial charge in [0.05, 0.1) is 6.61 Å². The monoisotopic (exact) mass is 284 g/mol. The van der Waals surface area contributed by atoms with Crippen LogP contribution in [0.2, 0.25) is 0 Å². The highest BCUT2D eigenvalue weighted by molar-refractivity contribution is 4.84. The van der Waals surface area contributed by atoms with Crippen molar-refractivity contribution in [1.29, 1.82) is 0 Å². The molecule has 1 aliphatic heterocycles. The smallest absolute Gasteiger partial charge is 0.0610 e. The summed E-state index contributed by atoms with van der Waals surface area (Å²) in [7, 11) is 0. The first-order valence-electron chi connectivity index (χ1n) is 8.45. The highest BCUT2D eigenvalue weighted by Gasteiger charge is 2.24. The van der Waals surface area contributed by atoms with Crippen LogP contribution in [0.15, 0.2) is 0 Å². The molecule has 0 saturated carbocycles. The molecular formula is C17H36N2O. The van der Waals surface area contributed by atoms with Crippen molar-refractivity contribution in [2.45, 2.75) is 71.9 Å². The molecule has 0 amide bonds. The molecule has 3 unspecified atom stereocenters. The zero-order valence-corrected chi connectivity index (χ0v) is 14.3. The molecule has 0 aromatic carbocycles. The summed E-state index contributed by atoms with van der Waals surface area (Å²) < 4.78 is 0. The maximum atomic E-state index is 9.58. The van der Waals surface area contributed by atoms with Gasteiger partial charge in [-0.15, -0.1) is 0 Å². The molecule has 3 atom stereocenters. The van der Waals surface area contributed by atoms with Gasteiger partial charge in [0.25, 0.3) is 0 Å². The quantitative estimate of drug-likeness (QED) is 0.673. The van der Waals surface area contributed by atoms with Crippen molar-refractivity contribution in [3.05, 3.63) is 0 Å². The average molecular weight is 284 g/mol. The van der Waals surface area contributed by atoms with Gasteiger partial charge in [0.1, 0.15) is 0 Å². The van der Waals surface area contributed by atoms with Crippen molar-refractivity contribution in [3.63, 3.8) is 0 Å². The van der Waals surface area contributed by atoms with Crippen molar-refractivity contribution in [2.24, 2.45) is 11.8 Å². The zero-order chi connectivity index (χ0) is 15.2. The van der Waals surface area contributed by atoms with Crippen molar-refractivity contribution in [3.8, 4) is 0 Å². The van der Waals surface area contributed by atoms with Gasteiger partial charge in [-0.25, -0.2) is 0 Å². The minimum Gasteiger partial charge on any atom is -0.394 e. The summed E-state index contributed by atoms with van der Waals surface area (Å²) in [4.78, 5) is 2.63. The Kier molecular flexibility index (Phi) is 7.49. The lowest BCUT2D eigenvalue weighted by atomic mass is 9.91. The topological polar surface area (TPSA) is 35.5 Å². The van der Waals surface area contributed by atoms with Crippen LogP contribution in [0.25, 0.3) is 0 Å².